The van der Waals surface area contributed by atoms with Gasteiger partial charge in [-0.1, -0.05) is 23.7 Å². The molecule has 2 rings (SSSR count). The van der Waals surface area contributed by atoms with E-state index in [0.717, 1.165) is 10.6 Å². The van der Waals surface area contributed by atoms with Crippen molar-refractivity contribution in [2.45, 2.75) is 39.8 Å². The highest BCUT2D eigenvalue weighted by molar-refractivity contribution is 7.92. The van der Waals surface area contributed by atoms with Crippen LogP contribution in [0.2, 0.25) is 5.02 Å². The summed E-state index contributed by atoms with van der Waals surface area (Å²) in [6, 6.07) is 10.9. The Morgan fingerprint density at radius 2 is 1.82 bits per heavy atom. The van der Waals surface area contributed by atoms with Gasteiger partial charge < -0.3 is 10.1 Å². The number of hydrogen-bond acceptors (Lipinski definition) is 4. The molecule has 0 aliphatic heterocycles. The lowest BCUT2D eigenvalue weighted by Crippen LogP contribution is -2.45. The van der Waals surface area contributed by atoms with Crippen LogP contribution in [0.15, 0.2) is 42.5 Å². The summed E-state index contributed by atoms with van der Waals surface area (Å²) < 4.78 is 31.6. The number of halogens is 1. The van der Waals surface area contributed by atoms with E-state index in [0.29, 0.717) is 27.7 Å². The number of carbonyl (C=O) groups is 1. The van der Waals surface area contributed by atoms with Crippen LogP contribution in [-0.4, -0.2) is 32.7 Å². The maximum Gasteiger partial charge on any atom is 0.247 e. The van der Waals surface area contributed by atoms with E-state index in [1.165, 1.54) is 6.92 Å². The van der Waals surface area contributed by atoms with E-state index in [-0.39, 0.29) is 6.10 Å². The van der Waals surface area contributed by atoms with Crippen LogP contribution in [0, 0.1) is 6.92 Å². The predicted molar refractivity (Wildman–Crippen MR) is 114 cm³/mol. The molecule has 1 atom stereocenters. The summed E-state index contributed by atoms with van der Waals surface area (Å²) in [6.07, 6.45) is 1.06. The minimum Gasteiger partial charge on any atom is -0.491 e. The van der Waals surface area contributed by atoms with Gasteiger partial charge in [0.15, 0.2) is 0 Å². The molecule has 0 fully saturated rings. The second kappa shape index (κ2) is 8.84. The summed E-state index contributed by atoms with van der Waals surface area (Å²) >= 11 is 6.05. The fraction of sp³-hybridized carbons (Fsp3) is 0.350. The molecule has 152 valence electrons. The number of carbonyl (C=O) groups excluding carboxylic acids is 1. The van der Waals surface area contributed by atoms with Crippen molar-refractivity contribution < 1.29 is 17.9 Å². The normalized spacial score (nSPS) is 12.5. The van der Waals surface area contributed by atoms with Gasteiger partial charge in [-0.3, -0.25) is 9.10 Å². The van der Waals surface area contributed by atoms with Crippen LogP contribution in [0.1, 0.15) is 26.3 Å². The summed E-state index contributed by atoms with van der Waals surface area (Å²) in [5, 5.41) is 3.14. The average Bonchev–Trinajstić information content (AvgIpc) is 2.56. The van der Waals surface area contributed by atoms with Gasteiger partial charge in [0.25, 0.3) is 0 Å². The number of ether oxygens (including phenoxy) is 1. The molecular formula is C20H25ClN2O4S. The van der Waals surface area contributed by atoms with E-state index in [9.17, 15) is 13.2 Å². The third kappa shape index (κ3) is 5.62. The molecule has 0 saturated heterocycles. The number of rotatable bonds is 7. The summed E-state index contributed by atoms with van der Waals surface area (Å²) in [7, 11) is -3.73. The summed E-state index contributed by atoms with van der Waals surface area (Å²) in [4.78, 5) is 12.8. The first-order valence-electron chi connectivity index (χ1n) is 8.82. The molecule has 0 heterocycles. The Kier molecular flexibility index (Phi) is 6.96. The van der Waals surface area contributed by atoms with E-state index in [2.05, 4.69) is 5.32 Å². The fourth-order valence-electron chi connectivity index (χ4n) is 2.77. The van der Waals surface area contributed by atoms with Gasteiger partial charge in [-0.05, 0) is 57.5 Å². The standard InChI is InChI=1S/C20H25ClN2O4S/c1-13(2)27-18-8-6-7-17(12-18)22-20(24)15(4)23(28(5,25)26)19-11-16(21)10-9-14(19)3/h6-13,15H,1-5H3,(H,22,24)/t15-/m0/s1. The molecular weight excluding hydrogens is 400 g/mol. The number of anilines is 2. The van der Waals surface area contributed by atoms with Gasteiger partial charge in [-0.25, -0.2) is 8.42 Å². The van der Waals surface area contributed by atoms with Crippen LogP contribution < -0.4 is 14.4 Å². The van der Waals surface area contributed by atoms with Crippen LogP contribution >= 0.6 is 11.6 Å². The van der Waals surface area contributed by atoms with Crippen molar-refractivity contribution in [2.75, 3.05) is 15.9 Å². The monoisotopic (exact) mass is 424 g/mol. The first-order chi connectivity index (χ1) is 13.0. The SMILES string of the molecule is Cc1ccc(Cl)cc1N([C@@H](C)C(=O)Nc1cccc(OC(C)C)c1)S(C)(=O)=O. The van der Waals surface area contributed by atoms with Crippen LogP contribution in [0.4, 0.5) is 11.4 Å². The van der Waals surface area contributed by atoms with Gasteiger partial charge in [-0.15, -0.1) is 0 Å². The minimum absolute atomic E-state index is 0.00333. The Morgan fingerprint density at radius 1 is 1.14 bits per heavy atom. The maximum atomic E-state index is 12.8. The molecule has 0 aromatic heterocycles. The van der Waals surface area contributed by atoms with Crippen molar-refractivity contribution in [1.82, 2.24) is 0 Å². The third-order valence-corrected chi connectivity index (χ3v) is 5.43. The van der Waals surface area contributed by atoms with Crippen LogP contribution in [-0.2, 0) is 14.8 Å². The van der Waals surface area contributed by atoms with Gasteiger partial charge in [0.1, 0.15) is 11.8 Å². The molecule has 0 aliphatic rings. The third-order valence-electron chi connectivity index (χ3n) is 3.97. The van der Waals surface area contributed by atoms with E-state index in [1.54, 1.807) is 49.4 Å². The Balaban J connectivity index is 2.31. The Labute approximate surface area is 171 Å². The number of sulfonamides is 1. The van der Waals surface area contributed by atoms with Crippen LogP contribution in [0.3, 0.4) is 0 Å². The molecule has 6 nitrogen and oxygen atoms in total. The number of benzene rings is 2. The second-order valence-electron chi connectivity index (χ2n) is 6.85. The molecule has 0 saturated carbocycles. The van der Waals surface area contributed by atoms with Crippen LogP contribution in [0.25, 0.3) is 0 Å². The second-order valence-corrected chi connectivity index (χ2v) is 9.15. The average molecular weight is 425 g/mol. The van der Waals surface area contributed by atoms with Gasteiger partial charge in [0.05, 0.1) is 18.0 Å². The molecule has 1 N–H and O–H groups in total. The molecule has 1 amide bonds. The Morgan fingerprint density at radius 3 is 2.43 bits per heavy atom. The number of aryl methyl sites for hydroxylation is 1. The van der Waals surface area contributed by atoms with Crippen molar-refractivity contribution in [3.05, 3.63) is 53.1 Å². The van der Waals surface area contributed by atoms with E-state index < -0.39 is 22.0 Å². The molecule has 28 heavy (non-hydrogen) atoms. The number of amides is 1. The van der Waals surface area contributed by atoms with E-state index in [4.69, 9.17) is 16.3 Å². The van der Waals surface area contributed by atoms with Crippen molar-refractivity contribution in [3.63, 3.8) is 0 Å². The van der Waals surface area contributed by atoms with Crippen molar-refractivity contribution in [1.29, 1.82) is 0 Å². The predicted octanol–water partition coefficient (Wildman–Crippen LogP) is 4.23. The lowest BCUT2D eigenvalue weighted by molar-refractivity contribution is -0.116. The van der Waals surface area contributed by atoms with Crippen molar-refractivity contribution in [3.8, 4) is 5.75 Å². The Hall–Kier alpha value is -2.25. The van der Waals surface area contributed by atoms with E-state index in [1.807, 2.05) is 13.8 Å². The molecule has 2 aromatic carbocycles. The highest BCUT2D eigenvalue weighted by Crippen LogP contribution is 2.29. The number of nitrogens with zero attached hydrogens (tertiary/aromatic N) is 1. The molecule has 2 aromatic rings. The zero-order chi connectivity index (χ0) is 21.1. The Bertz CT molecular complexity index is 960. The molecule has 0 spiro atoms. The van der Waals surface area contributed by atoms with Crippen LogP contribution in [0.5, 0.6) is 5.75 Å². The molecule has 0 unspecified atom stereocenters. The van der Waals surface area contributed by atoms with Gasteiger partial charge in [-0.2, -0.15) is 0 Å². The first-order valence-corrected chi connectivity index (χ1v) is 11.0. The van der Waals surface area contributed by atoms with Crippen molar-refractivity contribution >= 4 is 38.9 Å². The summed E-state index contributed by atoms with van der Waals surface area (Å²) in [6.45, 7) is 7.11. The highest BCUT2D eigenvalue weighted by Gasteiger charge is 2.30. The smallest absolute Gasteiger partial charge is 0.247 e. The first kappa shape index (κ1) is 22.0. The lowest BCUT2D eigenvalue weighted by Gasteiger charge is -2.29. The quantitative estimate of drug-likeness (QED) is 0.721. The number of nitrogens with one attached hydrogen (secondary N) is 1. The van der Waals surface area contributed by atoms with Gasteiger partial charge in [0, 0.05) is 16.8 Å². The molecule has 0 aliphatic carbocycles. The minimum atomic E-state index is -3.73. The van der Waals surface area contributed by atoms with E-state index >= 15 is 0 Å². The summed E-state index contributed by atoms with van der Waals surface area (Å²) in [5.41, 5.74) is 1.59. The number of hydrogen-bond donors (Lipinski definition) is 1. The van der Waals surface area contributed by atoms with Gasteiger partial charge in [0.2, 0.25) is 15.9 Å². The molecule has 0 bridgehead atoms. The zero-order valence-corrected chi connectivity index (χ0v) is 18.1. The zero-order valence-electron chi connectivity index (χ0n) is 16.6. The lowest BCUT2D eigenvalue weighted by atomic mass is 10.1. The largest absolute Gasteiger partial charge is 0.491 e. The molecule has 8 heteroatoms. The fourth-order valence-corrected chi connectivity index (χ4v) is 4.16. The maximum absolute atomic E-state index is 12.8. The highest BCUT2D eigenvalue weighted by atomic mass is 35.5. The summed E-state index contributed by atoms with van der Waals surface area (Å²) in [5.74, 6) is 0.151. The van der Waals surface area contributed by atoms with Gasteiger partial charge >= 0.3 is 0 Å². The molecule has 0 radical (unpaired) electrons. The topological polar surface area (TPSA) is 75.7 Å². The van der Waals surface area contributed by atoms with Crippen molar-refractivity contribution in [2.24, 2.45) is 0 Å².